The van der Waals surface area contributed by atoms with Crippen molar-refractivity contribution < 1.29 is 4.79 Å². The Bertz CT molecular complexity index is 1170. The minimum absolute atomic E-state index is 0.119. The maximum absolute atomic E-state index is 12.8. The molecule has 6 nitrogen and oxygen atoms in total. The highest BCUT2D eigenvalue weighted by atomic mass is 32.2. The standard InChI is InChI=1S/C22H21N5OS2/c1-14-9-7-8-12-19(14)27-16(3)25-26-22(27)30-15(2)20(28)24-21-23-18(13-29-21)17-10-5-4-6-11-17/h4-13,15H,1-3H3,(H,23,24,28). The van der Waals surface area contributed by atoms with Crippen LogP contribution < -0.4 is 5.32 Å². The molecule has 1 amide bonds. The Kier molecular flexibility index (Phi) is 5.96. The van der Waals surface area contributed by atoms with Crippen LogP contribution >= 0.6 is 23.1 Å². The molecule has 0 saturated carbocycles. The van der Waals surface area contributed by atoms with Gasteiger partial charge in [0.05, 0.1) is 16.6 Å². The monoisotopic (exact) mass is 435 g/mol. The molecule has 2 aromatic carbocycles. The van der Waals surface area contributed by atoms with E-state index in [1.54, 1.807) is 0 Å². The Labute approximate surface area is 183 Å². The van der Waals surface area contributed by atoms with E-state index in [9.17, 15) is 4.79 Å². The number of amides is 1. The molecule has 4 aromatic rings. The quantitative estimate of drug-likeness (QED) is 0.425. The van der Waals surface area contributed by atoms with Crippen molar-refractivity contribution in [3.8, 4) is 16.9 Å². The van der Waals surface area contributed by atoms with E-state index in [4.69, 9.17) is 0 Å². The van der Waals surface area contributed by atoms with E-state index < -0.39 is 0 Å². The molecule has 8 heteroatoms. The second kappa shape index (κ2) is 8.81. The summed E-state index contributed by atoms with van der Waals surface area (Å²) in [5, 5.41) is 14.3. The first-order chi connectivity index (χ1) is 14.5. The van der Waals surface area contributed by atoms with E-state index in [1.807, 2.05) is 85.3 Å². The molecule has 0 aliphatic rings. The van der Waals surface area contributed by atoms with Gasteiger partial charge in [0, 0.05) is 10.9 Å². The lowest BCUT2D eigenvalue weighted by Crippen LogP contribution is -2.22. The zero-order valence-electron chi connectivity index (χ0n) is 16.9. The summed E-state index contributed by atoms with van der Waals surface area (Å²) in [4.78, 5) is 17.3. The predicted molar refractivity (Wildman–Crippen MR) is 122 cm³/mol. The molecule has 1 atom stereocenters. The lowest BCUT2D eigenvalue weighted by atomic mass is 10.2. The van der Waals surface area contributed by atoms with Crippen LogP contribution in [-0.4, -0.2) is 30.9 Å². The smallest absolute Gasteiger partial charge is 0.239 e. The van der Waals surface area contributed by atoms with Crippen LogP contribution in [0.1, 0.15) is 18.3 Å². The van der Waals surface area contributed by atoms with Gasteiger partial charge in [-0.3, -0.25) is 9.36 Å². The maximum atomic E-state index is 12.8. The summed E-state index contributed by atoms with van der Waals surface area (Å²) < 4.78 is 1.99. The number of anilines is 1. The number of carbonyl (C=O) groups is 1. The molecule has 0 radical (unpaired) electrons. The second-order valence-corrected chi connectivity index (χ2v) is 8.97. The third kappa shape index (κ3) is 4.29. The van der Waals surface area contributed by atoms with Gasteiger partial charge in [-0.25, -0.2) is 4.98 Å². The Morgan fingerprint density at radius 3 is 2.57 bits per heavy atom. The largest absolute Gasteiger partial charge is 0.301 e. The molecule has 0 fully saturated rings. The maximum Gasteiger partial charge on any atom is 0.239 e. The topological polar surface area (TPSA) is 72.7 Å². The van der Waals surface area contributed by atoms with E-state index in [0.717, 1.165) is 28.3 Å². The number of para-hydroxylation sites is 1. The number of hydrogen-bond donors (Lipinski definition) is 1. The van der Waals surface area contributed by atoms with Crippen LogP contribution in [-0.2, 0) is 4.79 Å². The average molecular weight is 436 g/mol. The highest BCUT2D eigenvalue weighted by molar-refractivity contribution is 8.00. The van der Waals surface area contributed by atoms with E-state index in [1.165, 1.54) is 23.1 Å². The Hall–Kier alpha value is -2.97. The summed E-state index contributed by atoms with van der Waals surface area (Å²) >= 11 is 2.80. The van der Waals surface area contributed by atoms with Crippen LogP contribution in [0.25, 0.3) is 16.9 Å². The summed E-state index contributed by atoms with van der Waals surface area (Å²) in [7, 11) is 0. The molecule has 0 bridgehead atoms. The van der Waals surface area contributed by atoms with Gasteiger partial charge >= 0.3 is 0 Å². The Morgan fingerprint density at radius 2 is 1.80 bits per heavy atom. The molecular weight excluding hydrogens is 414 g/mol. The second-order valence-electron chi connectivity index (χ2n) is 6.80. The molecule has 2 heterocycles. The van der Waals surface area contributed by atoms with Gasteiger partial charge in [0.15, 0.2) is 10.3 Å². The fraction of sp³-hybridized carbons (Fsp3) is 0.182. The number of thiazole rings is 1. The van der Waals surface area contributed by atoms with Gasteiger partial charge in [0.2, 0.25) is 5.91 Å². The van der Waals surface area contributed by atoms with Gasteiger partial charge in [-0.05, 0) is 32.4 Å². The molecule has 0 aliphatic carbocycles. The molecule has 1 N–H and O–H groups in total. The van der Waals surface area contributed by atoms with Gasteiger partial charge in [-0.2, -0.15) is 0 Å². The fourth-order valence-electron chi connectivity index (χ4n) is 3.00. The predicted octanol–water partition coefficient (Wildman–Crippen LogP) is 5.13. The van der Waals surface area contributed by atoms with Gasteiger partial charge < -0.3 is 5.32 Å². The molecule has 0 aliphatic heterocycles. The first-order valence-corrected chi connectivity index (χ1v) is 11.3. The first-order valence-electron chi connectivity index (χ1n) is 9.49. The Balaban J connectivity index is 1.48. The van der Waals surface area contributed by atoms with Crippen molar-refractivity contribution in [3.05, 3.63) is 71.4 Å². The van der Waals surface area contributed by atoms with E-state index >= 15 is 0 Å². The molecular formula is C22H21N5OS2. The summed E-state index contributed by atoms with van der Waals surface area (Å²) in [5.74, 6) is 0.665. The Morgan fingerprint density at radius 1 is 1.07 bits per heavy atom. The van der Waals surface area contributed by atoms with Crippen LogP contribution in [0.5, 0.6) is 0 Å². The lowest BCUT2D eigenvalue weighted by molar-refractivity contribution is -0.115. The summed E-state index contributed by atoms with van der Waals surface area (Å²) in [6.45, 7) is 5.82. The molecule has 152 valence electrons. The van der Waals surface area contributed by atoms with Crippen molar-refractivity contribution >= 4 is 34.1 Å². The van der Waals surface area contributed by atoms with Crippen LogP contribution in [0.3, 0.4) is 0 Å². The summed E-state index contributed by atoms with van der Waals surface area (Å²) in [5.41, 5.74) is 4.02. The van der Waals surface area contributed by atoms with Crippen LogP contribution in [0.15, 0.2) is 65.1 Å². The minimum atomic E-state index is -0.361. The third-order valence-corrected chi connectivity index (χ3v) is 6.41. The number of nitrogens with zero attached hydrogens (tertiary/aromatic N) is 4. The highest BCUT2D eigenvalue weighted by Gasteiger charge is 2.21. The van der Waals surface area contributed by atoms with Crippen LogP contribution in [0.4, 0.5) is 5.13 Å². The van der Waals surface area contributed by atoms with Gasteiger partial charge in [0.25, 0.3) is 0 Å². The highest BCUT2D eigenvalue weighted by Crippen LogP contribution is 2.29. The number of aromatic nitrogens is 4. The third-order valence-electron chi connectivity index (χ3n) is 4.61. The van der Waals surface area contributed by atoms with Gasteiger partial charge in [-0.15, -0.1) is 21.5 Å². The lowest BCUT2D eigenvalue weighted by Gasteiger charge is -2.13. The van der Waals surface area contributed by atoms with Crippen molar-refractivity contribution in [2.75, 3.05) is 5.32 Å². The number of thioether (sulfide) groups is 1. The SMILES string of the molecule is Cc1ccccc1-n1c(C)nnc1SC(C)C(=O)Nc1nc(-c2ccccc2)cs1. The van der Waals surface area contributed by atoms with Crippen molar-refractivity contribution in [1.29, 1.82) is 0 Å². The van der Waals surface area contributed by atoms with Crippen molar-refractivity contribution in [2.24, 2.45) is 0 Å². The number of nitrogens with one attached hydrogen (secondary N) is 1. The molecule has 0 spiro atoms. The molecule has 4 rings (SSSR count). The van der Waals surface area contributed by atoms with Gasteiger partial charge in [0.1, 0.15) is 5.82 Å². The molecule has 30 heavy (non-hydrogen) atoms. The fourth-order valence-corrected chi connectivity index (χ4v) is 4.63. The van der Waals surface area contributed by atoms with E-state index in [0.29, 0.717) is 10.3 Å². The van der Waals surface area contributed by atoms with Crippen LogP contribution in [0, 0.1) is 13.8 Å². The van der Waals surface area contributed by atoms with Crippen molar-refractivity contribution in [1.82, 2.24) is 19.7 Å². The molecule has 2 aromatic heterocycles. The summed E-state index contributed by atoms with van der Waals surface area (Å²) in [6, 6.07) is 18.0. The normalized spacial score (nSPS) is 12.0. The minimum Gasteiger partial charge on any atom is -0.301 e. The summed E-state index contributed by atoms with van der Waals surface area (Å²) in [6.07, 6.45) is 0. The van der Waals surface area contributed by atoms with E-state index in [-0.39, 0.29) is 11.2 Å². The number of carbonyl (C=O) groups excluding carboxylic acids is 1. The van der Waals surface area contributed by atoms with Crippen molar-refractivity contribution in [3.63, 3.8) is 0 Å². The van der Waals surface area contributed by atoms with E-state index in [2.05, 4.69) is 20.5 Å². The van der Waals surface area contributed by atoms with Crippen LogP contribution in [0.2, 0.25) is 0 Å². The number of rotatable bonds is 6. The molecule has 1 unspecified atom stereocenters. The zero-order valence-corrected chi connectivity index (χ0v) is 18.5. The number of hydrogen-bond acceptors (Lipinski definition) is 6. The van der Waals surface area contributed by atoms with Crippen molar-refractivity contribution in [2.45, 2.75) is 31.2 Å². The van der Waals surface area contributed by atoms with Gasteiger partial charge in [-0.1, -0.05) is 60.3 Å². The number of benzene rings is 2. The average Bonchev–Trinajstić information content (AvgIpc) is 3.36. The first kappa shape index (κ1) is 20.3. The zero-order chi connectivity index (χ0) is 21.1. The molecule has 0 saturated heterocycles. The number of aryl methyl sites for hydroxylation is 2.